The zero-order chi connectivity index (χ0) is 17.2. The summed E-state index contributed by atoms with van der Waals surface area (Å²) in [5.41, 5.74) is 0.544. The van der Waals surface area contributed by atoms with E-state index in [2.05, 4.69) is 0 Å². The molecule has 1 atom stereocenters. The summed E-state index contributed by atoms with van der Waals surface area (Å²) in [6.07, 6.45) is 0.709. The van der Waals surface area contributed by atoms with Gasteiger partial charge in [0.1, 0.15) is 0 Å². The van der Waals surface area contributed by atoms with Gasteiger partial charge in [0.05, 0.1) is 13.0 Å². The predicted molar refractivity (Wildman–Crippen MR) is 89.6 cm³/mol. The van der Waals surface area contributed by atoms with Crippen LogP contribution in [-0.2, 0) is 14.3 Å². The van der Waals surface area contributed by atoms with Crippen molar-refractivity contribution in [2.45, 2.75) is 20.3 Å². The van der Waals surface area contributed by atoms with E-state index in [9.17, 15) is 9.59 Å². The minimum atomic E-state index is -0.386. The van der Waals surface area contributed by atoms with Crippen LogP contribution in [0.5, 0.6) is 0 Å². The van der Waals surface area contributed by atoms with Gasteiger partial charge in [0.2, 0.25) is 0 Å². The lowest BCUT2D eigenvalue weighted by molar-refractivity contribution is -0.145. The lowest BCUT2D eigenvalue weighted by Crippen LogP contribution is -2.38. The van der Waals surface area contributed by atoms with Gasteiger partial charge in [-0.05, 0) is 37.6 Å². The third-order valence-corrected chi connectivity index (χ3v) is 3.65. The van der Waals surface area contributed by atoms with Crippen LogP contribution in [0, 0.1) is 5.92 Å². The molecular weight excluding hydrogens is 318 g/mol. The maximum absolute atomic E-state index is 12.7. The molecule has 23 heavy (non-hydrogen) atoms. The van der Waals surface area contributed by atoms with Crippen LogP contribution in [0.25, 0.3) is 0 Å². The highest BCUT2D eigenvalue weighted by atomic mass is 35.5. The van der Waals surface area contributed by atoms with E-state index in [0.29, 0.717) is 43.3 Å². The van der Waals surface area contributed by atoms with Gasteiger partial charge >= 0.3 is 5.97 Å². The Hall–Kier alpha value is -1.59. The Bertz CT molecular complexity index is 504. The van der Waals surface area contributed by atoms with Gasteiger partial charge in [0.25, 0.3) is 5.91 Å². The topological polar surface area (TPSA) is 55.8 Å². The van der Waals surface area contributed by atoms with Crippen LogP contribution in [0.4, 0.5) is 0 Å². The van der Waals surface area contributed by atoms with Crippen LogP contribution in [0.15, 0.2) is 24.3 Å². The van der Waals surface area contributed by atoms with Crippen molar-refractivity contribution >= 4 is 23.5 Å². The summed E-state index contributed by atoms with van der Waals surface area (Å²) in [7, 11) is 1.35. The number of amides is 1. The Morgan fingerprint density at radius 1 is 1.26 bits per heavy atom. The number of hydrogen-bond donors (Lipinski definition) is 0. The normalized spacial score (nSPS) is 11.8. The summed E-state index contributed by atoms with van der Waals surface area (Å²) in [6.45, 7) is 5.72. The van der Waals surface area contributed by atoms with Gasteiger partial charge in [0, 0.05) is 36.9 Å². The number of ether oxygens (including phenoxy) is 2. The fraction of sp³-hybridized carbons (Fsp3) is 0.529. The molecule has 1 rings (SSSR count). The summed E-state index contributed by atoms with van der Waals surface area (Å²) in [6, 6.07) is 6.72. The second-order valence-electron chi connectivity index (χ2n) is 5.23. The Labute approximate surface area is 142 Å². The number of carbonyl (C=O) groups excluding carboxylic acids is 2. The zero-order valence-electron chi connectivity index (χ0n) is 13.9. The van der Waals surface area contributed by atoms with E-state index < -0.39 is 0 Å². The van der Waals surface area contributed by atoms with Gasteiger partial charge in [-0.1, -0.05) is 18.5 Å². The van der Waals surface area contributed by atoms with Crippen LogP contribution in [-0.4, -0.2) is 50.2 Å². The smallest absolute Gasteiger partial charge is 0.310 e. The van der Waals surface area contributed by atoms with Crippen LogP contribution in [0.3, 0.4) is 0 Å². The molecule has 5 nitrogen and oxygen atoms in total. The molecule has 1 aromatic carbocycles. The minimum Gasteiger partial charge on any atom is -0.469 e. The van der Waals surface area contributed by atoms with Crippen molar-refractivity contribution in [2.24, 2.45) is 5.92 Å². The summed E-state index contributed by atoms with van der Waals surface area (Å²) in [5, 5.41) is 0.576. The van der Waals surface area contributed by atoms with E-state index >= 15 is 0 Å². The standard InChI is InChI=1S/C17H24ClNO4/c1-4-23-11-5-10-19(12-13(2)17(21)22-3)16(20)14-6-8-15(18)9-7-14/h6-9,13H,4-5,10-12H2,1-3H3. The molecule has 0 aliphatic heterocycles. The van der Waals surface area contributed by atoms with Gasteiger partial charge in [0.15, 0.2) is 0 Å². The van der Waals surface area contributed by atoms with Crippen molar-refractivity contribution in [1.82, 2.24) is 4.90 Å². The first-order chi connectivity index (χ1) is 11.0. The molecule has 0 fully saturated rings. The van der Waals surface area contributed by atoms with Crippen LogP contribution >= 0.6 is 11.6 Å². The van der Waals surface area contributed by atoms with E-state index in [1.165, 1.54) is 7.11 Å². The van der Waals surface area contributed by atoms with Crippen molar-refractivity contribution in [3.05, 3.63) is 34.9 Å². The van der Waals surface area contributed by atoms with E-state index in [4.69, 9.17) is 21.1 Å². The van der Waals surface area contributed by atoms with Crippen molar-refractivity contribution < 1.29 is 19.1 Å². The SMILES string of the molecule is CCOCCCN(CC(C)C(=O)OC)C(=O)c1ccc(Cl)cc1. The van der Waals surface area contributed by atoms with Crippen LogP contribution in [0.2, 0.25) is 5.02 Å². The number of hydrogen-bond acceptors (Lipinski definition) is 4. The Kier molecular flexibility index (Phi) is 8.66. The lowest BCUT2D eigenvalue weighted by Gasteiger charge is -2.25. The number of rotatable bonds is 9. The summed E-state index contributed by atoms with van der Waals surface area (Å²) in [4.78, 5) is 25.9. The maximum atomic E-state index is 12.7. The van der Waals surface area contributed by atoms with Crippen molar-refractivity contribution in [2.75, 3.05) is 33.4 Å². The second kappa shape index (κ2) is 10.2. The summed E-state index contributed by atoms with van der Waals surface area (Å²) < 4.78 is 10.0. The Balaban J connectivity index is 2.77. The molecule has 0 bridgehead atoms. The fourth-order valence-electron chi connectivity index (χ4n) is 2.16. The molecule has 0 aliphatic rings. The number of methoxy groups -OCH3 is 1. The van der Waals surface area contributed by atoms with Gasteiger partial charge in [-0.25, -0.2) is 0 Å². The highest BCUT2D eigenvalue weighted by molar-refractivity contribution is 6.30. The number of esters is 1. The van der Waals surface area contributed by atoms with Crippen LogP contribution in [0.1, 0.15) is 30.6 Å². The highest BCUT2D eigenvalue weighted by Gasteiger charge is 2.22. The quantitative estimate of drug-likeness (QED) is 0.512. The zero-order valence-corrected chi connectivity index (χ0v) is 14.6. The van der Waals surface area contributed by atoms with Crippen LogP contribution < -0.4 is 0 Å². The van der Waals surface area contributed by atoms with Crippen molar-refractivity contribution in [3.8, 4) is 0 Å². The number of nitrogens with zero attached hydrogens (tertiary/aromatic N) is 1. The third-order valence-electron chi connectivity index (χ3n) is 3.40. The molecule has 0 aliphatic carbocycles. The van der Waals surface area contributed by atoms with Gasteiger partial charge in [-0.2, -0.15) is 0 Å². The highest BCUT2D eigenvalue weighted by Crippen LogP contribution is 2.13. The largest absolute Gasteiger partial charge is 0.469 e. The average molecular weight is 342 g/mol. The van der Waals surface area contributed by atoms with E-state index in [-0.39, 0.29) is 17.8 Å². The van der Waals surface area contributed by atoms with Gasteiger partial charge < -0.3 is 14.4 Å². The fourth-order valence-corrected chi connectivity index (χ4v) is 2.28. The number of benzene rings is 1. The molecule has 0 heterocycles. The first kappa shape index (κ1) is 19.5. The third kappa shape index (κ3) is 6.59. The molecule has 0 radical (unpaired) electrons. The first-order valence-electron chi connectivity index (χ1n) is 7.70. The summed E-state index contributed by atoms with van der Waals surface area (Å²) >= 11 is 5.86. The molecule has 1 unspecified atom stereocenters. The Morgan fingerprint density at radius 2 is 1.91 bits per heavy atom. The first-order valence-corrected chi connectivity index (χ1v) is 8.07. The number of halogens is 1. The minimum absolute atomic E-state index is 0.131. The molecule has 0 spiro atoms. The van der Waals surface area contributed by atoms with Gasteiger partial charge in [-0.15, -0.1) is 0 Å². The van der Waals surface area contributed by atoms with E-state index in [0.717, 1.165) is 0 Å². The molecule has 0 aromatic heterocycles. The molecule has 0 saturated carbocycles. The molecular formula is C17H24ClNO4. The van der Waals surface area contributed by atoms with E-state index in [1.807, 2.05) is 6.92 Å². The lowest BCUT2D eigenvalue weighted by atomic mass is 10.1. The second-order valence-corrected chi connectivity index (χ2v) is 5.67. The maximum Gasteiger partial charge on any atom is 0.310 e. The monoisotopic (exact) mass is 341 g/mol. The molecule has 0 saturated heterocycles. The molecule has 1 aromatic rings. The summed E-state index contributed by atoms with van der Waals surface area (Å²) in [5.74, 6) is -0.846. The predicted octanol–water partition coefficient (Wildman–Crippen LogP) is 3.02. The number of carbonyl (C=O) groups is 2. The molecule has 128 valence electrons. The molecule has 1 amide bonds. The molecule has 6 heteroatoms. The van der Waals surface area contributed by atoms with Crippen molar-refractivity contribution in [1.29, 1.82) is 0 Å². The van der Waals surface area contributed by atoms with Crippen molar-refractivity contribution in [3.63, 3.8) is 0 Å². The van der Waals surface area contributed by atoms with E-state index in [1.54, 1.807) is 36.1 Å². The Morgan fingerprint density at radius 3 is 2.48 bits per heavy atom. The molecule has 0 N–H and O–H groups in total. The van der Waals surface area contributed by atoms with Gasteiger partial charge in [-0.3, -0.25) is 9.59 Å². The average Bonchev–Trinajstić information content (AvgIpc) is 2.56.